The largest absolute Gasteiger partial charge is 0.504 e. The molecule has 2 aromatic carbocycles. The summed E-state index contributed by atoms with van der Waals surface area (Å²) in [6, 6.07) is 9.70. The number of ether oxygens (including phenoxy) is 3. The van der Waals surface area contributed by atoms with Crippen molar-refractivity contribution >= 4 is 11.9 Å². The van der Waals surface area contributed by atoms with Gasteiger partial charge in [0, 0.05) is 12.5 Å². The van der Waals surface area contributed by atoms with Gasteiger partial charge < -0.3 is 34.6 Å². The fourth-order valence-electron chi connectivity index (χ4n) is 3.42. The lowest BCUT2D eigenvalue weighted by atomic mass is 9.83. The van der Waals surface area contributed by atoms with Crippen LogP contribution in [0.25, 0.3) is 0 Å². The molecule has 0 bridgehead atoms. The first-order valence-corrected chi connectivity index (χ1v) is 9.97. The predicted octanol–water partition coefficient (Wildman–Crippen LogP) is 2.14. The molecule has 0 heterocycles. The second-order valence-corrected chi connectivity index (χ2v) is 7.38. The van der Waals surface area contributed by atoms with Crippen molar-refractivity contribution in [2.24, 2.45) is 11.8 Å². The van der Waals surface area contributed by atoms with Crippen LogP contribution in [0.3, 0.4) is 0 Å². The first-order valence-electron chi connectivity index (χ1n) is 9.97. The summed E-state index contributed by atoms with van der Waals surface area (Å²) in [6.45, 7) is -0.324. The first-order chi connectivity index (χ1) is 15.3. The van der Waals surface area contributed by atoms with Crippen LogP contribution in [0.15, 0.2) is 36.4 Å². The molecule has 4 N–H and O–H groups in total. The van der Waals surface area contributed by atoms with Crippen LogP contribution >= 0.6 is 0 Å². The number of methoxy groups -OCH3 is 2. The van der Waals surface area contributed by atoms with Crippen LogP contribution in [-0.4, -0.2) is 59.8 Å². The molecule has 0 fully saturated rings. The molecule has 2 rings (SSSR count). The van der Waals surface area contributed by atoms with E-state index in [1.54, 1.807) is 24.3 Å². The van der Waals surface area contributed by atoms with Gasteiger partial charge in [-0.1, -0.05) is 12.1 Å². The van der Waals surface area contributed by atoms with Gasteiger partial charge in [0.15, 0.2) is 23.0 Å². The Labute approximate surface area is 185 Å². The molecule has 0 saturated heterocycles. The number of phenols is 2. The molecule has 0 unspecified atom stereocenters. The van der Waals surface area contributed by atoms with Gasteiger partial charge >= 0.3 is 11.9 Å². The number of aromatic hydroxyl groups is 2. The summed E-state index contributed by atoms with van der Waals surface area (Å²) in [6.07, 6.45) is 0.0135. The van der Waals surface area contributed by atoms with E-state index in [4.69, 9.17) is 19.3 Å². The number of carbonyl (C=O) groups is 2. The van der Waals surface area contributed by atoms with Crippen molar-refractivity contribution in [2.75, 3.05) is 27.4 Å². The van der Waals surface area contributed by atoms with Gasteiger partial charge in [-0.3, -0.25) is 9.59 Å². The van der Waals surface area contributed by atoms with Crippen molar-refractivity contribution < 1.29 is 44.2 Å². The third kappa shape index (κ3) is 7.05. The smallest absolute Gasteiger partial charge is 0.317 e. The minimum absolute atomic E-state index is 0.00728. The number of carboxylic acid groups (broad SMARTS) is 1. The molecule has 32 heavy (non-hydrogen) atoms. The lowest BCUT2D eigenvalue weighted by molar-refractivity contribution is -0.152. The van der Waals surface area contributed by atoms with E-state index in [2.05, 4.69) is 0 Å². The van der Waals surface area contributed by atoms with Crippen LogP contribution in [0.2, 0.25) is 0 Å². The zero-order valence-corrected chi connectivity index (χ0v) is 18.0. The molecule has 0 aliphatic carbocycles. The van der Waals surface area contributed by atoms with Gasteiger partial charge in [0.2, 0.25) is 0 Å². The standard InChI is InChI=1S/C23H28O9/c1-30-20-9-14(3-5-18(20)25)7-16(12-24)17(13-32-23(29)11-22(27)28)8-15-4-6-19(26)21(10-15)31-2/h3-6,9-10,16-17,24-26H,7-8,11-13H2,1-2H3,(H,27,28)/t16-,17-/m0/s1. The third-order valence-electron chi connectivity index (χ3n) is 5.14. The summed E-state index contributed by atoms with van der Waals surface area (Å²) >= 11 is 0. The SMILES string of the molecule is COc1cc(C[C@@H](CO)[C@H](COC(=O)CC(=O)O)Cc2ccc(O)c(OC)c2)ccc1O. The van der Waals surface area contributed by atoms with Gasteiger partial charge in [-0.05, 0) is 54.2 Å². The molecule has 0 aliphatic rings. The third-order valence-corrected chi connectivity index (χ3v) is 5.14. The number of rotatable bonds is 12. The molecule has 0 amide bonds. The van der Waals surface area contributed by atoms with Crippen molar-refractivity contribution in [1.82, 2.24) is 0 Å². The highest BCUT2D eigenvalue weighted by Crippen LogP contribution is 2.31. The Balaban J connectivity index is 2.25. The van der Waals surface area contributed by atoms with E-state index in [0.717, 1.165) is 11.1 Å². The van der Waals surface area contributed by atoms with Crippen molar-refractivity contribution in [3.63, 3.8) is 0 Å². The highest BCUT2D eigenvalue weighted by atomic mass is 16.5. The molecular weight excluding hydrogens is 420 g/mol. The van der Waals surface area contributed by atoms with Gasteiger partial charge in [0.1, 0.15) is 6.42 Å². The fourth-order valence-corrected chi connectivity index (χ4v) is 3.42. The molecule has 0 aliphatic heterocycles. The molecule has 174 valence electrons. The average Bonchev–Trinajstić information content (AvgIpc) is 2.76. The maximum atomic E-state index is 11.8. The number of aliphatic hydroxyl groups is 1. The summed E-state index contributed by atoms with van der Waals surface area (Å²) < 4.78 is 15.5. The molecule has 0 saturated carbocycles. The van der Waals surface area contributed by atoms with Crippen molar-refractivity contribution in [3.8, 4) is 23.0 Å². The summed E-state index contributed by atoms with van der Waals surface area (Å²) in [5.41, 5.74) is 1.57. The van der Waals surface area contributed by atoms with Crippen LogP contribution in [0.4, 0.5) is 0 Å². The topological polar surface area (TPSA) is 143 Å². The Bertz CT molecular complexity index is 926. The Hall–Kier alpha value is -3.46. The zero-order chi connectivity index (χ0) is 23.7. The molecule has 9 nitrogen and oxygen atoms in total. The van der Waals surface area contributed by atoms with Gasteiger partial charge in [0.05, 0.1) is 20.8 Å². The van der Waals surface area contributed by atoms with Crippen molar-refractivity contribution in [2.45, 2.75) is 19.3 Å². The number of esters is 1. The average molecular weight is 448 g/mol. The number of phenolic OH excluding ortho intramolecular Hbond substituents is 2. The normalized spacial score (nSPS) is 12.6. The number of benzene rings is 2. The second-order valence-electron chi connectivity index (χ2n) is 7.38. The highest BCUT2D eigenvalue weighted by Gasteiger charge is 2.25. The molecule has 0 aromatic heterocycles. The summed E-state index contributed by atoms with van der Waals surface area (Å²) in [5, 5.41) is 38.5. The number of hydrogen-bond donors (Lipinski definition) is 4. The maximum absolute atomic E-state index is 11.8. The van der Waals surface area contributed by atoms with Gasteiger partial charge in [0.25, 0.3) is 0 Å². The summed E-state index contributed by atoms with van der Waals surface area (Å²) in [7, 11) is 2.87. The molecular formula is C23H28O9. The fraction of sp³-hybridized carbons (Fsp3) is 0.391. The number of aliphatic hydroxyl groups excluding tert-OH is 1. The Kier molecular flexibility index (Phi) is 9.15. The monoisotopic (exact) mass is 448 g/mol. The minimum Gasteiger partial charge on any atom is -0.504 e. The summed E-state index contributed by atoms with van der Waals surface area (Å²) in [4.78, 5) is 22.5. The van der Waals surface area contributed by atoms with Crippen LogP contribution in [0.5, 0.6) is 23.0 Å². The van der Waals surface area contributed by atoms with E-state index >= 15 is 0 Å². The molecule has 2 aromatic rings. The molecule has 0 spiro atoms. The van der Waals surface area contributed by atoms with E-state index in [9.17, 15) is 24.9 Å². The van der Waals surface area contributed by atoms with Crippen molar-refractivity contribution in [3.05, 3.63) is 47.5 Å². The zero-order valence-electron chi connectivity index (χ0n) is 18.0. The van der Waals surface area contributed by atoms with Crippen LogP contribution < -0.4 is 9.47 Å². The van der Waals surface area contributed by atoms with E-state index in [1.807, 2.05) is 0 Å². The molecule has 9 heteroatoms. The number of hydrogen-bond acceptors (Lipinski definition) is 8. The number of carboxylic acids is 1. The van der Waals surface area contributed by atoms with E-state index in [0.29, 0.717) is 18.6 Å². The van der Waals surface area contributed by atoms with Crippen LogP contribution in [-0.2, 0) is 27.2 Å². The lowest BCUT2D eigenvalue weighted by Gasteiger charge is -2.26. The van der Waals surface area contributed by atoms with E-state index in [1.165, 1.54) is 26.4 Å². The maximum Gasteiger partial charge on any atom is 0.317 e. The van der Waals surface area contributed by atoms with Gasteiger partial charge in [-0.15, -0.1) is 0 Å². The van der Waals surface area contributed by atoms with Crippen LogP contribution in [0.1, 0.15) is 17.5 Å². The van der Waals surface area contributed by atoms with Gasteiger partial charge in [-0.2, -0.15) is 0 Å². The van der Waals surface area contributed by atoms with E-state index < -0.39 is 18.4 Å². The molecule has 0 radical (unpaired) electrons. The van der Waals surface area contributed by atoms with Crippen LogP contribution in [0, 0.1) is 11.8 Å². The van der Waals surface area contributed by atoms with Gasteiger partial charge in [-0.25, -0.2) is 0 Å². The number of carbonyl (C=O) groups excluding carboxylic acids is 1. The Morgan fingerprint density at radius 1 is 0.875 bits per heavy atom. The van der Waals surface area contributed by atoms with E-state index in [-0.39, 0.29) is 42.3 Å². The Morgan fingerprint density at radius 2 is 1.38 bits per heavy atom. The Morgan fingerprint density at radius 3 is 1.81 bits per heavy atom. The number of aliphatic carboxylic acids is 1. The van der Waals surface area contributed by atoms with Crippen molar-refractivity contribution in [1.29, 1.82) is 0 Å². The first kappa shape index (κ1) is 24.8. The highest BCUT2D eigenvalue weighted by molar-refractivity contribution is 5.90. The summed E-state index contributed by atoms with van der Waals surface area (Å²) in [5.74, 6) is -2.32. The minimum atomic E-state index is -1.29. The quantitative estimate of drug-likeness (QED) is 0.284. The predicted molar refractivity (Wildman–Crippen MR) is 114 cm³/mol. The second kappa shape index (κ2) is 11.8. The lowest BCUT2D eigenvalue weighted by Crippen LogP contribution is -2.29. The molecule has 2 atom stereocenters.